The van der Waals surface area contributed by atoms with Gasteiger partial charge in [-0.2, -0.15) is 4.98 Å². The molecule has 1 amide bonds. The standard InChI is InChI=1S/C36H39N5O6/c1-24(2)34(44)40-35-37-19-32-33(39-35)41(23-38-32)20-29(43)18-25(21-42)22-47-36(26-8-6-5-7-9-26,27-10-14-30(45-3)15-11-27)28-12-16-31(46-4)17-13-28/h5-17,19,23-25,42H,18,20-22H2,1-4H3,(H,37,39,40,44)/t25-/m1/s1. The Morgan fingerprint density at radius 1 is 0.872 bits per heavy atom. The van der Waals surface area contributed by atoms with Gasteiger partial charge in [0.2, 0.25) is 11.9 Å². The summed E-state index contributed by atoms with van der Waals surface area (Å²) in [6.45, 7) is 3.34. The van der Waals surface area contributed by atoms with Gasteiger partial charge in [0.1, 0.15) is 22.6 Å². The average Bonchev–Trinajstić information content (AvgIpc) is 3.50. The third-order valence-electron chi connectivity index (χ3n) is 7.95. The molecule has 2 N–H and O–H groups in total. The minimum atomic E-state index is -1.08. The summed E-state index contributed by atoms with van der Waals surface area (Å²) < 4.78 is 19.4. The van der Waals surface area contributed by atoms with Gasteiger partial charge in [0, 0.05) is 24.9 Å². The number of anilines is 1. The summed E-state index contributed by atoms with van der Waals surface area (Å²) in [6, 6.07) is 25.2. The van der Waals surface area contributed by atoms with Crippen LogP contribution in [0.5, 0.6) is 11.5 Å². The molecule has 0 radical (unpaired) electrons. The van der Waals surface area contributed by atoms with Crippen molar-refractivity contribution < 1.29 is 28.9 Å². The predicted octanol–water partition coefficient (Wildman–Crippen LogP) is 5.01. The lowest BCUT2D eigenvalue weighted by atomic mass is 9.79. The summed E-state index contributed by atoms with van der Waals surface area (Å²) in [5.74, 6) is 0.444. The van der Waals surface area contributed by atoms with Crippen LogP contribution < -0.4 is 14.8 Å². The summed E-state index contributed by atoms with van der Waals surface area (Å²) in [7, 11) is 3.23. The molecule has 0 aliphatic carbocycles. The fraction of sp³-hybridized carbons (Fsp3) is 0.306. The Kier molecular flexibility index (Phi) is 10.6. The number of aromatic nitrogens is 4. The van der Waals surface area contributed by atoms with Gasteiger partial charge >= 0.3 is 0 Å². The van der Waals surface area contributed by atoms with Crippen molar-refractivity contribution in [2.45, 2.75) is 32.4 Å². The van der Waals surface area contributed by atoms with Crippen molar-refractivity contribution in [1.29, 1.82) is 0 Å². The fourth-order valence-corrected chi connectivity index (χ4v) is 5.36. The number of ether oxygens (including phenoxy) is 3. The van der Waals surface area contributed by atoms with Crippen LogP contribution in [0, 0.1) is 11.8 Å². The molecule has 11 nitrogen and oxygen atoms in total. The van der Waals surface area contributed by atoms with Crippen LogP contribution in [0.4, 0.5) is 5.95 Å². The molecule has 0 unspecified atom stereocenters. The lowest BCUT2D eigenvalue weighted by Crippen LogP contribution is -2.35. The number of nitrogens with zero attached hydrogens (tertiary/aromatic N) is 4. The molecular formula is C36H39N5O6. The molecule has 0 fully saturated rings. The van der Waals surface area contributed by atoms with Gasteiger partial charge in [-0.3, -0.25) is 14.9 Å². The molecule has 0 saturated heterocycles. The van der Waals surface area contributed by atoms with E-state index in [2.05, 4.69) is 20.3 Å². The number of Topliss-reactive ketones (excluding diaryl/α,β-unsaturated/α-hetero) is 1. The highest BCUT2D eigenvalue weighted by Crippen LogP contribution is 2.42. The number of hydrogen-bond donors (Lipinski definition) is 2. The zero-order valence-corrected chi connectivity index (χ0v) is 26.9. The van der Waals surface area contributed by atoms with Crippen LogP contribution in [-0.4, -0.2) is 63.7 Å². The summed E-state index contributed by atoms with van der Waals surface area (Å²) in [6.07, 6.45) is 3.07. The van der Waals surface area contributed by atoms with Gasteiger partial charge in [-0.1, -0.05) is 68.4 Å². The second kappa shape index (κ2) is 15.0. The lowest BCUT2D eigenvalue weighted by molar-refractivity contribution is -0.122. The summed E-state index contributed by atoms with van der Waals surface area (Å²) >= 11 is 0. The number of hydrogen-bond acceptors (Lipinski definition) is 9. The smallest absolute Gasteiger partial charge is 0.231 e. The van der Waals surface area contributed by atoms with E-state index in [1.165, 1.54) is 12.5 Å². The van der Waals surface area contributed by atoms with Crippen molar-refractivity contribution in [1.82, 2.24) is 19.5 Å². The largest absolute Gasteiger partial charge is 0.497 e. The van der Waals surface area contributed by atoms with Gasteiger partial charge in [0.25, 0.3) is 0 Å². The number of ketones is 1. The molecular weight excluding hydrogens is 598 g/mol. The number of rotatable bonds is 15. The second-order valence-electron chi connectivity index (χ2n) is 11.5. The summed E-state index contributed by atoms with van der Waals surface area (Å²) in [5, 5.41) is 13.1. The average molecular weight is 638 g/mol. The molecule has 1 atom stereocenters. The molecule has 0 aliphatic heterocycles. The molecule has 2 heterocycles. The van der Waals surface area contributed by atoms with Crippen LogP contribution in [0.1, 0.15) is 37.0 Å². The Labute approximate surface area is 273 Å². The summed E-state index contributed by atoms with van der Waals surface area (Å²) in [5.41, 5.74) is 2.42. The Morgan fingerprint density at radius 2 is 1.47 bits per heavy atom. The highest BCUT2D eigenvalue weighted by Gasteiger charge is 2.38. The Morgan fingerprint density at radius 3 is 2.02 bits per heavy atom. The van der Waals surface area contributed by atoms with E-state index in [4.69, 9.17) is 14.2 Å². The van der Waals surface area contributed by atoms with Crippen molar-refractivity contribution in [2.75, 3.05) is 32.8 Å². The Bertz CT molecular complexity index is 1740. The van der Waals surface area contributed by atoms with Crippen LogP contribution in [-0.2, 0) is 26.5 Å². The minimum Gasteiger partial charge on any atom is -0.497 e. The maximum Gasteiger partial charge on any atom is 0.231 e. The van der Waals surface area contributed by atoms with E-state index in [0.29, 0.717) is 22.7 Å². The van der Waals surface area contributed by atoms with Crippen molar-refractivity contribution in [3.05, 3.63) is 108 Å². The molecule has 5 rings (SSSR count). The molecule has 5 aromatic rings. The Balaban J connectivity index is 1.41. The van der Waals surface area contributed by atoms with Crippen LogP contribution >= 0.6 is 0 Å². The van der Waals surface area contributed by atoms with Gasteiger partial charge < -0.3 is 23.9 Å². The molecule has 0 aliphatic rings. The molecule has 0 saturated carbocycles. The van der Waals surface area contributed by atoms with Gasteiger partial charge in [-0.05, 0) is 41.0 Å². The number of nitrogens with one attached hydrogen (secondary N) is 1. The lowest BCUT2D eigenvalue weighted by Gasteiger charge is -2.37. The van der Waals surface area contributed by atoms with E-state index in [-0.39, 0.29) is 49.7 Å². The number of amides is 1. The van der Waals surface area contributed by atoms with E-state index in [9.17, 15) is 14.7 Å². The highest BCUT2D eigenvalue weighted by atomic mass is 16.5. The van der Waals surface area contributed by atoms with Gasteiger partial charge in [0.05, 0.1) is 39.9 Å². The molecule has 0 spiro atoms. The van der Waals surface area contributed by atoms with E-state index in [0.717, 1.165) is 16.7 Å². The molecule has 11 heteroatoms. The van der Waals surface area contributed by atoms with Crippen LogP contribution in [0.25, 0.3) is 11.2 Å². The third-order valence-corrected chi connectivity index (χ3v) is 7.95. The number of imidazole rings is 1. The minimum absolute atomic E-state index is 0.0254. The predicted molar refractivity (Wildman–Crippen MR) is 177 cm³/mol. The van der Waals surface area contributed by atoms with Crippen LogP contribution in [0.15, 0.2) is 91.4 Å². The Hall–Kier alpha value is -5.13. The first-order chi connectivity index (χ1) is 22.8. The number of fused-ring (bicyclic) bond motifs is 1. The molecule has 3 aromatic carbocycles. The van der Waals surface area contributed by atoms with E-state index in [1.807, 2.05) is 78.9 Å². The van der Waals surface area contributed by atoms with Gasteiger partial charge in [-0.25, -0.2) is 9.97 Å². The first kappa shape index (κ1) is 33.2. The maximum atomic E-state index is 13.4. The molecule has 244 valence electrons. The monoisotopic (exact) mass is 637 g/mol. The quantitative estimate of drug-likeness (QED) is 0.152. The fourth-order valence-electron chi connectivity index (χ4n) is 5.36. The number of aliphatic hydroxyl groups excluding tert-OH is 1. The number of benzene rings is 3. The normalized spacial score (nSPS) is 12.2. The third kappa shape index (κ3) is 7.48. The first-order valence-electron chi connectivity index (χ1n) is 15.4. The SMILES string of the molecule is COc1ccc(C(OC[C@@H](CO)CC(=O)Cn2cnc3cnc(NC(=O)C(C)C)nc32)(c2ccccc2)c2ccc(OC)cc2)cc1. The number of methoxy groups -OCH3 is 2. The van der Waals surface area contributed by atoms with Crippen LogP contribution in [0.3, 0.4) is 0 Å². The van der Waals surface area contributed by atoms with E-state index < -0.39 is 11.5 Å². The van der Waals surface area contributed by atoms with Gasteiger partial charge in [0.15, 0.2) is 11.4 Å². The van der Waals surface area contributed by atoms with E-state index in [1.54, 1.807) is 32.6 Å². The number of aliphatic hydroxyl groups is 1. The molecule has 2 aromatic heterocycles. The zero-order chi connectivity index (χ0) is 33.4. The number of carbonyl (C=O) groups is 2. The highest BCUT2D eigenvalue weighted by molar-refractivity contribution is 5.91. The van der Waals surface area contributed by atoms with Crippen molar-refractivity contribution in [2.24, 2.45) is 11.8 Å². The second-order valence-corrected chi connectivity index (χ2v) is 11.5. The number of carbonyl (C=O) groups excluding carboxylic acids is 2. The van der Waals surface area contributed by atoms with E-state index >= 15 is 0 Å². The maximum absolute atomic E-state index is 13.4. The molecule has 47 heavy (non-hydrogen) atoms. The van der Waals surface area contributed by atoms with Crippen molar-refractivity contribution >= 4 is 28.8 Å². The zero-order valence-electron chi connectivity index (χ0n) is 26.9. The van der Waals surface area contributed by atoms with Gasteiger partial charge in [-0.15, -0.1) is 0 Å². The van der Waals surface area contributed by atoms with Crippen LogP contribution in [0.2, 0.25) is 0 Å². The van der Waals surface area contributed by atoms with Crippen molar-refractivity contribution in [3.63, 3.8) is 0 Å². The topological polar surface area (TPSA) is 138 Å². The molecule has 0 bridgehead atoms. The summed E-state index contributed by atoms with van der Waals surface area (Å²) in [4.78, 5) is 38.4. The first-order valence-corrected chi connectivity index (χ1v) is 15.4. The van der Waals surface area contributed by atoms with Crippen molar-refractivity contribution in [3.8, 4) is 11.5 Å².